The Morgan fingerprint density at radius 3 is 2.64 bits per heavy atom. The Bertz CT molecular complexity index is 729. The Kier molecular flexibility index (Phi) is 4.53. The van der Waals surface area contributed by atoms with E-state index in [0.29, 0.717) is 12.6 Å². The van der Waals surface area contributed by atoms with Crippen LogP contribution in [0.3, 0.4) is 0 Å². The van der Waals surface area contributed by atoms with Gasteiger partial charge in [-0.05, 0) is 38.3 Å². The Morgan fingerprint density at radius 1 is 1.20 bits per heavy atom. The summed E-state index contributed by atoms with van der Waals surface area (Å²) in [6.45, 7) is 5.04. The number of piperidine rings is 1. The fraction of sp³-hybridized carbons (Fsp3) is 0.526. The number of amides is 1. The van der Waals surface area contributed by atoms with Crippen LogP contribution in [0, 0.1) is 12.8 Å². The molecule has 1 amide bonds. The van der Waals surface area contributed by atoms with Crippen LogP contribution >= 0.6 is 0 Å². The van der Waals surface area contributed by atoms with Crippen LogP contribution in [0.5, 0.6) is 0 Å². The lowest BCUT2D eigenvalue weighted by molar-refractivity contribution is -0.136. The molecule has 2 aromatic heterocycles. The zero-order chi connectivity index (χ0) is 17.2. The molecule has 1 atom stereocenters. The van der Waals surface area contributed by atoms with Gasteiger partial charge in [0.2, 0.25) is 5.91 Å². The third-order valence-electron chi connectivity index (χ3n) is 5.34. The van der Waals surface area contributed by atoms with Crippen LogP contribution in [-0.2, 0) is 9.53 Å². The molecular formula is C19H24N4O2. The maximum atomic E-state index is 12.6. The molecule has 25 heavy (non-hydrogen) atoms. The number of carbonyl (C=O) groups excluding carboxylic acids is 1. The molecule has 132 valence electrons. The lowest BCUT2D eigenvalue weighted by Crippen LogP contribution is -2.42. The monoisotopic (exact) mass is 340 g/mol. The summed E-state index contributed by atoms with van der Waals surface area (Å²) in [5, 5.41) is 0. The average molecular weight is 340 g/mol. The maximum absolute atomic E-state index is 12.6. The maximum Gasteiger partial charge on any atom is 0.228 e. The Hall–Kier alpha value is -2.21. The van der Waals surface area contributed by atoms with E-state index in [0.717, 1.165) is 50.3 Å². The Morgan fingerprint density at radius 2 is 1.96 bits per heavy atom. The van der Waals surface area contributed by atoms with Crippen molar-refractivity contribution in [3.8, 4) is 11.4 Å². The number of hydrogen-bond donors (Lipinski definition) is 0. The first kappa shape index (κ1) is 16.3. The molecule has 4 rings (SSSR count). The van der Waals surface area contributed by atoms with Crippen molar-refractivity contribution >= 4 is 5.91 Å². The summed E-state index contributed by atoms with van der Waals surface area (Å²) >= 11 is 0. The third kappa shape index (κ3) is 3.18. The first-order valence-electron chi connectivity index (χ1n) is 9.05. The smallest absolute Gasteiger partial charge is 0.228 e. The second-order valence-electron chi connectivity index (χ2n) is 6.95. The molecule has 0 N–H and O–H groups in total. The highest BCUT2D eigenvalue weighted by molar-refractivity contribution is 5.79. The van der Waals surface area contributed by atoms with Crippen molar-refractivity contribution in [2.75, 3.05) is 26.3 Å². The molecule has 2 aliphatic rings. The molecule has 2 fully saturated rings. The van der Waals surface area contributed by atoms with Gasteiger partial charge in [-0.2, -0.15) is 0 Å². The number of nitrogens with zero attached hydrogens (tertiary/aromatic N) is 4. The normalized spacial score (nSPS) is 21.6. The summed E-state index contributed by atoms with van der Waals surface area (Å²) in [5.74, 6) is 1.33. The number of carbonyl (C=O) groups is 1. The molecule has 2 aromatic rings. The van der Waals surface area contributed by atoms with E-state index in [1.807, 2.05) is 23.2 Å². The largest absolute Gasteiger partial charge is 0.381 e. The summed E-state index contributed by atoms with van der Waals surface area (Å²) in [6, 6.07) is 4.38. The van der Waals surface area contributed by atoms with E-state index in [4.69, 9.17) is 4.74 Å². The van der Waals surface area contributed by atoms with Crippen molar-refractivity contribution in [1.29, 1.82) is 0 Å². The van der Waals surface area contributed by atoms with Crippen molar-refractivity contribution in [2.24, 2.45) is 5.92 Å². The lowest BCUT2D eigenvalue weighted by Gasteiger charge is -2.35. The molecule has 1 unspecified atom stereocenters. The third-order valence-corrected chi connectivity index (χ3v) is 5.34. The fourth-order valence-corrected chi connectivity index (χ4v) is 3.95. The van der Waals surface area contributed by atoms with Crippen molar-refractivity contribution in [3.05, 3.63) is 36.4 Å². The topological polar surface area (TPSA) is 60.2 Å². The van der Waals surface area contributed by atoms with E-state index in [-0.39, 0.29) is 11.8 Å². The van der Waals surface area contributed by atoms with Crippen LogP contribution in [0.15, 0.2) is 30.7 Å². The molecule has 6 heteroatoms. The van der Waals surface area contributed by atoms with Crippen LogP contribution < -0.4 is 0 Å². The quantitative estimate of drug-likeness (QED) is 0.861. The van der Waals surface area contributed by atoms with Crippen molar-refractivity contribution in [2.45, 2.75) is 32.2 Å². The zero-order valence-corrected chi connectivity index (χ0v) is 14.6. The molecule has 0 aromatic carbocycles. The molecule has 2 saturated heterocycles. The van der Waals surface area contributed by atoms with Gasteiger partial charge in [0.15, 0.2) is 0 Å². The van der Waals surface area contributed by atoms with E-state index in [2.05, 4.69) is 21.5 Å². The van der Waals surface area contributed by atoms with Gasteiger partial charge >= 0.3 is 0 Å². The summed E-state index contributed by atoms with van der Waals surface area (Å²) < 4.78 is 7.69. The van der Waals surface area contributed by atoms with Gasteiger partial charge in [0.1, 0.15) is 5.82 Å². The molecule has 4 heterocycles. The van der Waals surface area contributed by atoms with Gasteiger partial charge in [-0.25, -0.2) is 4.98 Å². The molecule has 0 aliphatic carbocycles. The summed E-state index contributed by atoms with van der Waals surface area (Å²) in [4.78, 5) is 23.3. The van der Waals surface area contributed by atoms with Gasteiger partial charge in [0.25, 0.3) is 0 Å². The minimum absolute atomic E-state index is 0.0684. The van der Waals surface area contributed by atoms with Crippen LogP contribution in [0.2, 0.25) is 0 Å². The fourth-order valence-electron chi connectivity index (χ4n) is 3.95. The Balaban J connectivity index is 1.48. The lowest BCUT2D eigenvalue weighted by atomic mass is 10.0. The number of hydrogen-bond acceptors (Lipinski definition) is 4. The molecule has 0 radical (unpaired) electrons. The van der Waals surface area contributed by atoms with Crippen LogP contribution in [-0.4, -0.2) is 51.6 Å². The van der Waals surface area contributed by atoms with Crippen LogP contribution in [0.25, 0.3) is 11.4 Å². The minimum atomic E-state index is 0.0684. The highest BCUT2D eigenvalue weighted by Crippen LogP contribution is 2.30. The van der Waals surface area contributed by atoms with Crippen LogP contribution in [0.4, 0.5) is 0 Å². The van der Waals surface area contributed by atoms with Crippen molar-refractivity contribution in [3.63, 3.8) is 0 Å². The van der Waals surface area contributed by atoms with Crippen molar-refractivity contribution < 1.29 is 9.53 Å². The predicted octanol–water partition coefficient (Wildman–Crippen LogP) is 2.45. The average Bonchev–Trinajstić information content (AvgIpc) is 3.32. The van der Waals surface area contributed by atoms with Gasteiger partial charge in [-0.15, -0.1) is 0 Å². The summed E-state index contributed by atoms with van der Waals surface area (Å²) in [5.41, 5.74) is 2.26. The van der Waals surface area contributed by atoms with E-state index in [1.165, 1.54) is 5.69 Å². The molecule has 2 aliphatic heterocycles. The van der Waals surface area contributed by atoms with E-state index in [9.17, 15) is 4.79 Å². The highest BCUT2D eigenvalue weighted by Gasteiger charge is 2.31. The van der Waals surface area contributed by atoms with E-state index >= 15 is 0 Å². The van der Waals surface area contributed by atoms with Gasteiger partial charge in [0.05, 0.1) is 12.5 Å². The van der Waals surface area contributed by atoms with Crippen LogP contribution in [0.1, 0.15) is 31.0 Å². The van der Waals surface area contributed by atoms with Gasteiger partial charge in [0, 0.05) is 55.6 Å². The molecule has 0 bridgehead atoms. The van der Waals surface area contributed by atoms with Gasteiger partial charge < -0.3 is 14.2 Å². The van der Waals surface area contributed by atoms with Gasteiger partial charge in [-0.1, -0.05) is 0 Å². The number of likely N-dealkylation sites (tertiary alicyclic amines) is 1. The number of ether oxygens (including phenoxy) is 1. The van der Waals surface area contributed by atoms with Crippen molar-refractivity contribution in [1.82, 2.24) is 19.4 Å². The minimum Gasteiger partial charge on any atom is -0.381 e. The summed E-state index contributed by atoms with van der Waals surface area (Å²) in [6.07, 6.45) is 8.33. The molecular weight excluding hydrogens is 316 g/mol. The second kappa shape index (κ2) is 6.96. The SMILES string of the molecule is Cc1cnc(-c2ccncc2)n1C1CCN(C(=O)C2CCOC2)CC1. The standard InChI is InChI=1S/C19H24N4O2/c1-14-12-21-18(15-2-7-20-8-3-15)23(14)17-4-9-22(10-5-17)19(24)16-6-11-25-13-16/h2-3,7-8,12,16-17H,4-6,9-11,13H2,1H3. The predicted molar refractivity (Wildman–Crippen MR) is 94.0 cm³/mol. The summed E-state index contributed by atoms with van der Waals surface area (Å²) in [7, 11) is 0. The first-order chi connectivity index (χ1) is 12.2. The van der Waals surface area contributed by atoms with E-state index < -0.39 is 0 Å². The number of pyridine rings is 1. The molecule has 0 saturated carbocycles. The number of rotatable bonds is 3. The highest BCUT2D eigenvalue weighted by atomic mass is 16.5. The number of imidazole rings is 1. The Labute approximate surface area is 147 Å². The van der Waals surface area contributed by atoms with E-state index in [1.54, 1.807) is 12.4 Å². The second-order valence-corrected chi connectivity index (χ2v) is 6.95. The first-order valence-corrected chi connectivity index (χ1v) is 9.05. The zero-order valence-electron chi connectivity index (χ0n) is 14.6. The number of aryl methyl sites for hydroxylation is 1. The molecule has 6 nitrogen and oxygen atoms in total. The number of aromatic nitrogens is 3. The van der Waals surface area contributed by atoms with Gasteiger partial charge in [-0.3, -0.25) is 9.78 Å². The molecule has 0 spiro atoms.